The monoisotopic (exact) mass is 302 g/mol. The molecule has 0 saturated carbocycles. The average molecular weight is 302 g/mol. The normalized spacial score (nSPS) is 12.6. The number of phenolic OH excluding ortho intramolecular Hbond substituents is 1. The maximum atomic E-state index is 12.3. The van der Waals surface area contributed by atoms with Crippen molar-refractivity contribution in [1.82, 2.24) is 0 Å². The summed E-state index contributed by atoms with van der Waals surface area (Å²) in [6.45, 7) is 0. The van der Waals surface area contributed by atoms with Gasteiger partial charge in [0.15, 0.2) is 0 Å². The number of halogens is 6. The molecule has 10 heteroatoms. The fourth-order valence-corrected chi connectivity index (χ4v) is 1.35. The third-order valence-corrected chi connectivity index (χ3v) is 2.21. The smallest absolute Gasteiger partial charge is 0.409 e. The Kier molecular flexibility index (Phi) is 4.06. The van der Waals surface area contributed by atoms with Gasteiger partial charge in [0.05, 0.1) is 11.4 Å². The number of nitrogens with two attached hydrogens (primary N) is 1. The highest BCUT2D eigenvalue weighted by atomic mass is 19.4. The van der Waals surface area contributed by atoms with Crippen molar-refractivity contribution in [1.29, 1.82) is 0 Å². The molecule has 0 radical (unpaired) electrons. The molecule has 1 aromatic rings. The first-order chi connectivity index (χ1) is 8.93. The van der Waals surface area contributed by atoms with Crippen molar-refractivity contribution < 1.29 is 36.2 Å². The number of nitrogens with one attached hydrogen (secondary N) is 1. The summed E-state index contributed by atoms with van der Waals surface area (Å²) in [5.74, 6) is -6.82. The van der Waals surface area contributed by atoms with Crippen LogP contribution in [0.1, 0.15) is 0 Å². The van der Waals surface area contributed by atoms with Gasteiger partial charge in [0.1, 0.15) is 5.75 Å². The molecular formula is C10H8F6N2O2. The van der Waals surface area contributed by atoms with Crippen molar-refractivity contribution in [3.63, 3.8) is 0 Å². The zero-order valence-corrected chi connectivity index (χ0v) is 9.51. The molecule has 0 spiro atoms. The Morgan fingerprint density at radius 3 is 2.05 bits per heavy atom. The van der Waals surface area contributed by atoms with E-state index in [1.165, 1.54) is 5.32 Å². The number of carbonyl (C=O) groups excluding carboxylic acids is 1. The minimum absolute atomic E-state index is 0.358. The minimum atomic E-state index is -5.78. The summed E-state index contributed by atoms with van der Waals surface area (Å²) < 4.78 is 73.7. The molecule has 0 heterocycles. The molecule has 0 fully saturated rings. The summed E-state index contributed by atoms with van der Waals surface area (Å²) in [5, 5.41) is 10.4. The summed E-state index contributed by atoms with van der Waals surface area (Å²) in [7, 11) is 0. The Morgan fingerprint density at radius 1 is 1.15 bits per heavy atom. The van der Waals surface area contributed by atoms with E-state index in [2.05, 4.69) is 0 Å². The number of amides is 1. The van der Waals surface area contributed by atoms with Crippen LogP contribution >= 0.6 is 0 Å². The van der Waals surface area contributed by atoms with E-state index in [9.17, 15) is 31.1 Å². The average Bonchev–Trinajstić information content (AvgIpc) is 2.17. The molecule has 0 aliphatic carbocycles. The zero-order valence-electron chi connectivity index (χ0n) is 9.51. The lowest BCUT2D eigenvalue weighted by Crippen LogP contribution is -2.45. The van der Waals surface area contributed by atoms with Gasteiger partial charge < -0.3 is 16.2 Å². The SMILES string of the molecule is Nc1cc(O)ccc1NC(=O)C(C(F)(F)F)C(F)(F)F. The lowest BCUT2D eigenvalue weighted by molar-refractivity contribution is -0.272. The Balaban J connectivity index is 3.04. The predicted octanol–water partition coefficient (Wildman–Crippen LogP) is 2.65. The third kappa shape index (κ3) is 3.68. The van der Waals surface area contributed by atoms with Crippen LogP contribution in [0.25, 0.3) is 0 Å². The molecular weight excluding hydrogens is 294 g/mol. The van der Waals surface area contributed by atoms with Gasteiger partial charge in [0.2, 0.25) is 11.8 Å². The van der Waals surface area contributed by atoms with Crippen molar-refractivity contribution in [2.24, 2.45) is 5.92 Å². The van der Waals surface area contributed by atoms with E-state index in [-0.39, 0.29) is 11.4 Å². The molecule has 1 rings (SSSR count). The van der Waals surface area contributed by atoms with Crippen LogP contribution in [0.5, 0.6) is 5.75 Å². The van der Waals surface area contributed by atoms with E-state index in [4.69, 9.17) is 10.8 Å². The fourth-order valence-electron chi connectivity index (χ4n) is 1.35. The zero-order chi connectivity index (χ0) is 15.7. The van der Waals surface area contributed by atoms with Crippen molar-refractivity contribution in [2.45, 2.75) is 12.4 Å². The topological polar surface area (TPSA) is 75.3 Å². The molecule has 0 aliphatic rings. The Morgan fingerprint density at radius 2 is 1.65 bits per heavy atom. The largest absolute Gasteiger partial charge is 0.508 e. The van der Waals surface area contributed by atoms with E-state index >= 15 is 0 Å². The van der Waals surface area contributed by atoms with Gasteiger partial charge in [-0.3, -0.25) is 4.79 Å². The van der Waals surface area contributed by atoms with Crippen LogP contribution in [-0.2, 0) is 4.79 Å². The molecule has 4 nitrogen and oxygen atoms in total. The number of aromatic hydroxyl groups is 1. The predicted molar refractivity (Wildman–Crippen MR) is 56.7 cm³/mol. The molecule has 4 N–H and O–H groups in total. The van der Waals surface area contributed by atoms with Gasteiger partial charge in [-0.15, -0.1) is 0 Å². The summed E-state index contributed by atoms with van der Waals surface area (Å²) in [4.78, 5) is 11.2. The number of anilines is 2. The molecule has 0 unspecified atom stereocenters. The van der Waals surface area contributed by atoms with Crippen molar-refractivity contribution >= 4 is 17.3 Å². The molecule has 0 atom stereocenters. The summed E-state index contributed by atoms with van der Waals surface area (Å²) in [6.07, 6.45) is -11.6. The Bertz CT molecular complexity index is 497. The van der Waals surface area contributed by atoms with Gasteiger partial charge in [0, 0.05) is 6.07 Å². The molecule has 1 aromatic carbocycles. The summed E-state index contributed by atoms with van der Waals surface area (Å²) in [6, 6.07) is 2.69. The van der Waals surface area contributed by atoms with Crippen LogP contribution in [0.15, 0.2) is 18.2 Å². The van der Waals surface area contributed by atoms with Gasteiger partial charge in [-0.2, -0.15) is 26.3 Å². The van der Waals surface area contributed by atoms with Crippen molar-refractivity contribution in [3.05, 3.63) is 18.2 Å². The number of hydrogen-bond acceptors (Lipinski definition) is 3. The van der Waals surface area contributed by atoms with Gasteiger partial charge in [-0.25, -0.2) is 0 Å². The van der Waals surface area contributed by atoms with Crippen LogP contribution in [0.3, 0.4) is 0 Å². The number of rotatable bonds is 2. The Hall–Kier alpha value is -2.13. The first-order valence-electron chi connectivity index (χ1n) is 4.95. The highest BCUT2D eigenvalue weighted by Gasteiger charge is 2.61. The minimum Gasteiger partial charge on any atom is -0.508 e. The van der Waals surface area contributed by atoms with E-state index in [0.717, 1.165) is 18.2 Å². The van der Waals surface area contributed by atoms with Crippen LogP contribution in [0.4, 0.5) is 37.7 Å². The van der Waals surface area contributed by atoms with Gasteiger partial charge in [0.25, 0.3) is 0 Å². The van der Waals surface area contributed by atoms with Crippen LogP contribution in [0, 0.1) is 5.92 Å². The maximum Gasteiger partial charge on any atom is 0.409 e. The van der Waals surface area contributed by atoms with Gasteiger partial charge in [-0.05, 0) is 12.1 Å². The number of carbonyl (C=O) groups is 1. The van der Waals surface area contributed by atoms with Crippen LogP contribution in [-0.4, -0.2) is 23.4 Å². The lowest BCUT2D eigenvalue weighted by Gasteiger charge is -2.22. The molecule has 1 amide bonds. The van der Waals surface area contributed by atoms with Gasteiger partial charge >= 0.3 is 12.4 Å². The second-order valence-electron chi connectivity index (χ2n) is 3.78. The van der Waals surface area contributed by atoms with E-state index in [0.29, 0.717) is 0 Å². The highest BCUT2D eigenvalue weighted by molar-refractivity contribution is 5.96. The lowest BCUT2D eigenvalue weighted by atomic mass is 10.1. The van der Waals surface area contributed by atoms with E-state index in [1.54, 1.807) is 0 Å². The quantitative estimate of drug-likeness (QED) is 0.446. The molecule has 112 valence electrons. The van der Waals surface area contributed by atoms with Crippen molar-refractivity contribution in [3.8, 4) is 5.75 Å². The molecule has 0 saturated heterocycles. The molecule has 0 aromatic heterocycles. The van der Waals surface area contributed by atoms with E-state index < -0.39 is 29.9 Å². The second kappa shape index (κ2) is 5.10. The second-order valence-corrected chi connectivity index (χ2v) is 3.78. The maximum absolute atomic E-state index is 12.3. The molecule has 20 heavy (non-hydrogen) atoms. The summed E-state index contributed by atoms with van der Waals surface area (Å²) in [5.41, 5.74) is 4.41. The first kappa shape index (κ1) is 15.9. The van der Waals surface area contributed by atoms with Crippen LogP contribution < -0.4 is 11.1 Å². The van der Waals surface area contributed by atoms with Crippen LogP contribution in [0.2, 0.25) is 0 Å². The van der Waals surface area contributed by atoms with Gasteiger partial charge in [-0.1, -0.05) is 0 Å². The summed E-state index contributed by atoms with van der Waals surface area (Å²) >= 11 is 0. The number of hydrogen-bond donors (Lipinski definition) is 3. The van der Waals surface area contributed by atoms with E-state index in [1.807, 2.05) is 0 Å². The number of benzene rings is 1. The number of alkyl halides is 6. The number of phenols is 1. The van der Waals surface area contributed by atoms with Crippen molar-refractivity contribution in [2.75, 3.05) is 11.1 Å². The Labute approximate surface area is 108 Å². The highest BCUT2D eigenvalue weighted by Crippen LogP contribution is 2.40. The molecule has 0 bridgehead atoms. The third-order valence-electron chi connectivity index (χ3n) is 2.21. The number of nitrogen functional groups attached to an aromatic ring is 1. The first-order valence-corrected chi connectivity index (χ1v) is 4.95. The fraction of sp³-hybridized carbons (Fsp3) is 0.300. The standard InChI is InChI=1S/C10H8F6N2O2/c11-9(12,13)7(10(14,15)16)8(20)18-6-2-1-4(19)3-5(6)17/h1-3,7,19H,17H2,(H,18,20). The molecule has 0 aliphatic heterocycles.